The summed E-state index contributed by atoms with van der Waals surface area (Å²) >= 11 is 0. The van der Waals surface area contributed by atoms with E-state index in [1.54, 1.807) is 4.68 Å². The van der Waals surface area contributed by atoms with Gasteiger partial charge in [-0.25, -0.2) is 8.42 Å². The van der Waals surface area contributed by atoms with Crippen molar-refractivity contribution in [3.8, 4) is 0 Å². The molecule has 0 aromatic carbocycles. The fourth-order valence-electron chi connectivity index (χ4n) is 1.81. The average molecular weight is 249 g/mol. The first-order chi connectivity index (χ1) is 6.84. The smallest absolute Gasteiger partial charge is 0.238 e. The van der Waals surface area contributed by atoms with Crippen molar-refractivity contribution in [1.29, 1.82) is 0 Å². The highest BCUT2D eigenvalue weighted by Crippen LogP contribution is 2.48. The van der Waals surface area contributed by atoms with Crippen molar-refractivity contribution in [3.63, 3.8) is 0 Å². The van der Waals surface area contributed by atoms with Gasteiger partial charge in [0.25, 0.3) is 0 Å². The molecule has 15 heavy (non-hydrogen) atoms. The van der Waals surface area contributed by atoms with Gasteiger partial charge in [-0.3, -0.25) is 4.68 Å². The molecule has 4 nitrogen and oxygen atoms in total. The van der Waals surface area contributed by atoms with E-state index >= 15 is 0 Å². The van der Waals surface area contributed by atoms with Gasteiger partial charge in [0.05, 0.1) is 10.4 Å². The zero-order valence-corrected chi connectivity index (χ0v) is 10.3. The Morgan fingerprint density at radius 3 is 2.53 bits per heavy atom. The molecule has 0 aliphatic heterocycles. The van der Waals surface area contributed by atoms with Crippen molar-refractivity contribution >= 4 is 19.7 Å². The molecule has 0 radical (unpaired) electrons. The first kappa shape index (κ1) is 11.0. The molecule has 0 amide bonds. The number of aromatic nitrogens is 2. The minimum Gasteiger partial charge on any atom is -0.272 e. The maximum atomic E-state index is 11.4. The summed E-state index contributed by atoms with van der Waals surface area (Å²) < 4.78 is 23.7. The van der Waals surface area contributed by atoms with Gasteiger partial charge < -0.3 is 0 Å². The SMILES string of the molecule is Cc1cc(CC2(S(=O)(=O)Cl)CC2)n(C)n1. The second-order valence-corrected chi connectivity index (χ2v) is 7.16. The van der Waals surface area contributed by atoms with Crippen molar-refractivity contribution in [3.05, 3.63) is 17.5 Å². The number of nitrogens with zero attached hydrogens (tertiary/aromatic N) is 2. The van der Waals surface area contributed by atoms with Crippen LogP contribution in [-0.4, -0.2) is 22.9 Å². The summed E-state index contributed by atoms with van der Waals surface area (Å²) in [5.74, 6) is 0. The zero-order valence-electron chi connectivity index (χ0n) is 8.70. The average Bonchev–Trinajstić information content (AvgIpc) is 2.76. The van der Waals surface area contributed by atoms with E-state index in [1.807, 2.05) is 20.0 Å². The summed E-state index contributed by atoms with van der Waals surface area (Å²) in [6.45, 7) is 1.89. The molecule has 1 saturated carbocycles. The second-order valence-electron chi connectivity index (χ2n) is 4.20. The van der Waals surface area contributed by atoms with Gasteiger partial charge in [-0.1, -0.05) is 0 Å². The Hall–Kier alpha value is -0.550. The van der Waals surface area contributed by atoms with Crippen LogP contribution >= 0.6 is 10.7 Å². The molecule has 1 aromatic rings. The summed E-state index contributed by atoms with van der Waals surface area (Å²) in [6.07, 6.45) is 1.78. The van der Waals surface area contributed by atoms with Gasteiger partial charge in [0.2, 0.25) is 9.05 Å². The highest BCUT2D eigenvalue weighted by atomic mass is 35.7. The van der Waals surface area contributed by atoms with Gasteiger partial charge in [0, 0.05) is 29.8 Å². The van der Waals surface area contributed by atoms with Crippen molar-refractivity contribution in [2.75, 3.05) is 0 Å². The lowest BCUT2D eigenvalue weighted by molar-refractivity contribution is 0.584. The lowest BCUT2D eigenvalue weighted by Crippen LogP contribution is -2.22. The van der Waals surface area contributed by atoms with Crippen LogP contribution in [0, 0.1) is 6.92 Å². The van der Waals surface area contributed by atoms with E-state index in [9.17, 15) is 8.42 Å². The van der Waals surface area contributed by atoms with E-state index in [-0.39, 0.29) is 0 Å². The monoisotopic (exact) mass is 248 g/mol. The molecule has 0 bridgehead atoms. The molecule has 6 heteroatoms. The van der Waals surface area contributed by atoms with E-state index < -0.39 is 13.8 Å². The third kappa shape index (κ3) is 1.90. The standard InChI is InChI=1S/C9H13ClN2O2S/c1-7-5-8(12(2)11-7)6-9(3-4-9)15(10,13)14/h5H,3-4,6H2,1-2H3. The van der Waals surface area contributed by atoms with Crippen LogP contribution in [-0.2, 0) is 22.5 Å². The number of rotatable bonds is 3. The molecule has 2 rings (SSSR count). The minimum absolute atomic E-state index is 0.468. The molecule has 0 unspecified atom stereocenters. The molecule has 84 valence electrons. The third-order valence-corrected chi connectivity index (χ3v) is 5.50. The summed E-state index contributed by atoms with van der Waals surface area (Å²) in [7, 11) is 3.79. The molecule has 1 aliphatic rings. The van der Waals surface area contributed by atoms with Gasteiger partial charge in [0.1, 0.15) is 0 Å². The van der Waals surface area contributed by atoms with E-state index in [4.69, 9.17) is 10.7 Å². The fraction of sp³-hybridized carbons (Fsp3) is 0.667. The highest BCUT2D eigenvalue weighted by Gasteiger charge is 2.54. The molecule has 1 aromatic heterocycles. The molecular weight excluding hydrogens is 236 g/mol. The van der Waals surface area contributed by atoms with E-state index in [0.29, 0.717) is 19.3 Å². The van der Waals surface area contributed by atoms with Crippen LogP contribution in [0.4, 0.5) is 0 Å². The Morgan fingerprint density at radius 1 is 1.60 bits per heavy atom. The van der Waals surface area contributed by atoms with Gasteiger partial charge in [0.15, 0.2) is 0 Å². The maximum absolute atomic E-state index is 11.4. The largest absolute Gasteiger partial charge is 0.272 e. The van der Waals surface area contributed by atoms with Crippen molar-refractivity contribution in [1.82, 2.24) is 9.78 Å². The Morgan fingerprint density at radius 2 is 2.20 bits per heavy atom. The Bertz CT molecular complexity index is 488. The van der Waals surface area contributed by atoms with Crippen molar-refractivity contribution < 1.29 is 8.42 Å². The van der Waals surface area contributed by atoms with Crippen LogP contribution < -0.4 is 0 Å². The predicted molar refractivity (Wildman–Crippen MR) is 58.4 cm³/mol. The summed E-state index contributed by atoms with van der Waals surface area (Å²) in [4.78, 5) is 0. The van der Waals surface area contributed by atoms with Crippen LogP contribution in [0.1, 0.15) is 24.2 Å². The summed E-state index contributed by atoms with van der Waals surface area (Å²) in [5, 5.41) is 4.18. The Kier molecular flexibility index (Phi) is 2.35. The van der Waals surface area contributed by atoms with Crippen LogP contribution in [0.3, 0.4) is 0 Å². The first-order valence-corrected chi connectivity index (χ1v) is 7.09. The van der Waals surface area contributed by atoms with E-state index in [0.717, 1.165) is 11.4 Å². The number of hydrogen-bond acceptors (Lipinski definition) is 3. The predicted octanol–water partition coefficient (Wildman–Crippen LogP) is 1.37. The minimum atomic E-state index is -3.47. The van der Waals surface area contributed by atoms with Crippen LogP contribution in [0.2, 0.25) is 0 Å². The van der Waals surface area contributed by atoms with Gasteiger partial charge in [-0.15, -0.1) is 0 Å². The third-order valence-electron chi connectivity index (χ3n) is 2.93. The van der Waals surface area contributed by atoms with Gasteiger partial charge >= 0.3 is 0 Å². The summed E-state index contributed by atoms with van der Waals surface area (Å²) in [5.41, 5.74) is 1.82. The molecule has 0 saturated heterocycles. The normalized spacial score (nSPS) is 19.1. The number of hydrogen-bond donors (Lipinski definition) is 0. The Labute approximate surface area is 93.7 Å². The molecule has 1 heterocycles. The van der Waals surface area contributed by atoms with Gasteiger partial charge in [-0.05, 0) is 25.8 Å². The van der Waals surface area contributed by atoms with Crippen LogP contribution in [0.25, 0.3) is 0 Å². The molecular formula is C9H13ClN2O2S. The number of halogens is 1. The molecule has 1 fully saturated rings. The lowest BCUT2D eigenvalue weighted by atomic mass is 10.2. The quantitative estimate of drug-likeness (QED) is 0.760. The molecule has 0 spiro atoms. The molecule has 0 atom stereocenters. The van der Waals surface area contributed by atoms with Crippen LogP contribution in [0.15, 0.2) is 6.07 Å². The summed E-state index contributed by atoms with van der Waals surface area (Å²) in [6, 6.07) is 1.90. The lowest BCUT2D eigenvalue weighted by Gasteiger charge is -2.10. The topological polar surface area (TPSA) is 52.0 Å². The first-order valence-electron chi connectivity index (χ1n) is 4.78. The van der Waals surface area contributed by atoms with E-state index in [1.165, 1.54) is 0 Å². The maximum Gasteiger partial charge on any atom is 0.238 e. The van der Waals surface area contributed by atoms with Crippen molar-refractivity contribution in [2.45, 2.75) is 30.9 Å². The molecule has 1 aliphatic carbocycles. The highest BCUT2D eigenvalue weighted by molar-refractivity contribution is 8.15. The molecule has 0 N–H and O–H groups in total. The van der Waals surface area contributed by atoms with Crippen molar-refractivity contribution in [2.24, 2.45) is 7.05 Å². The number of aryl methyl sites for hydroxylation is 2. The van der Waals surface area contributed by atoms with Gasteiger partial charge in [-0.2, -0.15) is 5.10 Å². The zero-order chi connectivity index (χ0) is 11.3. The Balaban J connectivity index is 2.27. The second kappa shape index (κ2) is 3.22. The fourth-order valence-corrected chi connectivity index (χ4v) is 3.34. The van der Waals surface area contributed by atoms with E-state index in [2.05, 4.69) is 5.10 Å². The van der Waals surface area contributed by atoms with Crippen LogP contribution in [0.5, 0.6) is 0 Å².